The summed E-state index contributed by atoms with van der Waals surface area (Å²) in [6.07, 6.45) is 1.35. The van der Waals surface area contributed by atoms with Gasteiger partial charge in [-0.15, -0.1) is 0 Å². The standard InChI is InChI=1S/C22H14Br2ClNO6/c23-17-6-12(10-26-31-11-20(28)29)7-18(24)22(17)32-15-4-5-19(27)16(9-15)21(30)13-2-1-3-14(25)8-13/h1-10,27H,11H2,(H,28,29)/b26-10-. The van der Waals surface area contributed by atoms with Gasteiger partial charge in [0.05, 0.1) is 20.7 Å². The second-order valence-corrected chi connectivity index (χ2v) is 8.48. The Kier molecular flexibility index (Phi) is 7.89. The normalized spacial score (nSPS) is 10.8. The fourth-order valence-corrected chi connectivity index (χ4v) is 4.18. The summed E-state index contributed by atoms with van der Waals surface area (Å²) in [5.74, 6) is -0.980. The molecule has 10 heteroatoms. The van der Waals surface area contributed by atoms with Crippen LogP contribution in [0.2, 0.25) is 5.02 Å². The van der Waals surface area contributed by atoms with Gasteiger partial charge >= 0.3 is 5.97 Å². The molecule has 0 aromatic heterocycles. The van der Waals surface area contributed by atoms with E-state index < -0.39 is 18.4 Å². The minimum atomic E-state index is -1.13. The summed E-state index contributed by atoms with van der Waals surface area (Å²) < 4.78 is 7.04. The van der Waals surface area contributed by atoms with Crippen LogP contribution in [0.15, 0.2) is 68.7 Å². The van der Waals surface area contributed by atoms with Crippen LogP contribution < -0.4 is 4.74 Å². The molecule has 0 aliphatic heterocycles. The van der Waals surface area contributed by atoms with Crippen molar-refractivity contribution in [1.82, 2.24) is 0 Å². The molecule has 0 unspecified atom stereocenters. The SMILES string of the molecule is O=C(O)CO/N=C\c1cc(Br)c(Oc2ccc(O)c(C(=O)c3cccc(Cl)c3)c2)c(Br)c1. The van der Waals surface area contributed by atoms with Gasteiger partial charge in [0.25, 0.3) is 0 Å². The first-order valence-electron chi connectivity index (χ1n) is 8.92. The fourth-order valence-electron chi connectivity index (χ4n) is 2.61. The number of benzene rings is 3. The van der Waals surface area contributed by atoms with Crippen molar-refractivity contribution < 1.29 is 29.4 Å². The molecule has 164 valence electrons. The van der Waals surface area contributed by atoms with E-state index in [-0.39, 0.29) is 11.3 Å². The summed E-state index contributed by atoms with van der Waals surface area (Å²) >= 11 is 12.8. The Morgan fingerprint density at radius 1 is 1.06 bits per heavy atom. The van der Waals surface area contributed by atoms with Gasteiger partial charge in [-0.1, -0.05) is 28.9 Å². The number of rotatable bonds is 8. The number of carboxylic acids is 1. The maximum atomic E-state index is 12.8. The van der Waals surface area contributed by atoms with Crippen molar-refractivity contribution in [2.24, 2.45) is 5.16 Å². The molecule has 0 atom stereocenters. The molecule has 0 aliphatic carbocycles. The predicted molar refractivity (Wildman–Crippen MR) is 126 cm³/mol. The number of hydrogen-bond acceptors (Lipinski definition) is 6. The molecule has 0 saturated heterocycles. The summed E-state index contributed by atoms with van der Waals surface area (Å²) in [7, 11) is 0. The number of phenolic OH excluding ortho intramolecular Hbond substituents is 1. The lowest BCUT2D eigenvalue weighted by atomic mass is 10.0. The van der Waals surface area contributed by atoms with E-state index in [0.29, 0.717) is 36.6 Å². The average Bonchev–Trinajstić information content (AvgIpc) is 2.74. The third-order valence-corrected chi connectivity index (χ3v) is 5.42. The number of nitrogens with zero attached hydrogens (tertiary/aromatic N) is 1. The third-order valence-electron chi connectivity index (χ3n) is 4.00. The zero-order valence-corrected chi connectivity index (χ0v) is 20.0. The molecule has 0 aliphatic rings. The Morgan fingerprint density at radius 3 is 2.44 bits per heavy atom. The van der Waals surface area contributed by atoms with Crippen molar-refractivity contribution in [2.75, 3.05) is 6.61 Å². The maximum absolute atomic E-state index is 12.8. The van der Waals surface area contributed by atoms with Crippen LogP contribution in [0.1, 0.15) is 21.5 Å². The smallest absolute Gasteiger partial charge is 0.344 e. The molecule has 3 rings (SSSR count). The molecule has 0 radical (unpaired) electrons. The number of aliphatic carboxylic acids is 1. The van der Waals surface area contributed by atoms with Gasteiger partial charge in [0.2, 0.25) is 6.61 Å². The number of aromatic hydroxyl groups is 1. The maximum Gasteiger partial charge on any atom is 0.344 e. The zero-order chi connectivity index (χ0) is 23.3. The van der Waals surface area contributed by atoms with E-state index >= 15 is 0 Å². The van der Waals surface area contributed by atoms with Crippen LogP contribution in [-0.2, 0) is 9.63 Å². The fraction of sp³-hybridized carbons (Fsp3) is 0.0455. The summed E-state index contributed by atoms with van der Waals surface area (Å²) in [6.45, 7) is -0.545. The van der Waals surface area contributed by atoms with Gasteiger partial charge in [0.15, 0.2) is 11.5 Å². The van der Waals surface area contributed by atoms with Crippen LogP contribution >= 0.6 is 43.5 Å². The van der Waals surface area contributed by atoms with Crippen LogP contribution in [0.5, 0.6) is 17.2 Å². The number of carbonyl (C=O) groups is 2. The van der Waals surface area contributed by atoms with Gasteiger partial charge in [0.1, 0.15) is 11.5 Å². The van der Waals surface area contributed by atoms with Crippen LogP contribution in [0.25, 0.3) is 0 Å². The molecule has 0 spiro atoms. The topological polar surface area (TPSA) is 105 Å². The van der Waals surface area contributed by atoms with Crippen molar-refractivity contribution in [3.8, 4) is 17.2 Å². The van der Waals surface area contributed by atoms with Crippen molar-refractivity contribution in [2.45, 2.75) is 0 Å². The molecule has 3 aromatic carbocycles. The largest absolute Gasteiger partial charge is 0.507 e. The minimum absolute atomic E-state index is 0.0661. The summed E-state index contributed by atoms with van der Waals surface area (Å²) in [6, 6.07) is 14.1. The zero-order valence-electron chi connectivity index (χ0n) is 16.1. The highest BCUT2D eigenvalue weighted by Gasteiger charge is 2.17. The monoisotopic (exact) mass is 581 g/mol. The Labute approximate surface area is 204 Å². The lowest BCUT2D eigenvalue weighted by Crippen LogP contribution is -2.03. The highest BCUT2D eigenvalue weighted by atomic mass is 79.9. The van der Waals surface area contributed by atoms with Crippen LogP contribution in [0.3, 0.4) is 0 Å². The Bertz CT molecular complexity index is 1190. The second kappa shape index (κ2) is 10.6. The first-order valence-corrected chi connectivity index (χ1v) is 10.9. The highest BCUT2D eigenvalue weighted by molar-refractivity contribution is 9.11. The van der Waals surface area contributed by atoms with E-state index in [2.05, 4.69) is 41.9 Å². The quantitative estimate of drug-likeness (QED) is 0.191. The number of carbonyl (C=O) groups excluding carboxylic acids is 1. The number of halogens is 3. The molecule has 2 N–H and O–H groups in total. The average molecular weight is 584 g/mol. The Balaban J connectivity index is 1.84. The number of ether oxygens (including phenoxy) is 1. The van der Waals surface area contributed by atoms with E-state index in [1.807, 2.05) is 0 Å². The molecule has 7 nitrogen and oxygen atoms in total. The van der Waals surface area contributed by atoms with E-state index in [9.17, 15) is 14.7 Å². The molecule has 0 saturated carbocycles. The van der Waals surface area contributed by atoms with Crippen molar-refractivity contribution in [1.29, 1.82) is 0 Å². The molecule has 32 heavy (non-hydrogen) atoms. The summed E-state index contributed by atoms with van der Waals surface area (Å²) in [5, 5.41) is 22.7. The molecule has 0 amide bonds. The van der Waals surface area contributed by atoms with E-state index in [1.54, 1.807) is 30.3 Å². The van der Waals surface area contributed by atoms with Gasteiger partial charge in [-0.25, -0.2) is 4.79 Å². The van der Waals surface area contributed by atoms with Crippen molar-refractivity contribution in [3.05, 3.63) is 85.3 Å². The second-order valence-electron chi connectivity index (χ2n) is 6.34. The summed E-state index contributed by atoms with van der Waals surface area (Å²) in [5.41, 5.74) is 1.02. The number of carboxylic acid groups (broad SMARTS) is 1. The lowest BCUT2D eigenvalue weighted by Gasteiger charge is -2.12. The Hall–Kier alpha value is -2.88. The first-order chi connectivity index (χ1) is 15.2. The third kappa shape index (κ3) is 6.09. The molecule has 3 aromatic rings. The lowest BCUT2D eigenvalue weighted by molar-refractivity contribution is -0.142. The van der Waals surface area contributed by atoms with Crippen LogP contribution in [0, 0.1) is 0 Å². The number of hydrogen-bond donors (Lipinski definition) is 2. The molecule has 0 heterocycles. The number of oxime groups is 1. The van der Waals surface area contributed by atoms with E-state index in [0.717, 1.165) is 0 Å². The van der Waals surface area contributed by atoms with Gasteiger partial charge in [-0.3, -0.25) is 4.79 Å². The molecule has 0 fully saturated rings. The first kappa shape index (κ1) is 23.8. The number of ketones is 1. The van der Waals surface area contributed by atoms with Crippen molar-refractivity contribution >= 4 is 61.4 Å². The van der Waals surface area contributed by atoms with Gasteiger partial charge in [0, 0.05) is 10.6 Å². The molecular formula is C22H14Br2ClNO6. The van der Waals surface area contributed by atoms with Gasteiger partial charge < -0.3 is 19.8 Å². The van der Waals surface area contributed by atoms with E-state index in [4.69, 9.17) is 21.4 Å². The van der Waals surface area contributed by atoms with E-state index in [1.165, 1.54) is 30.5 Å². The summed E-state index contributed by atoms with van der Waals surface area (Å²) in [4.78, 5) is 27.9. The Morgan fingerprint density at radius 2 is 1.78 bits per heavy atom. The van der Waals surface area contributed by atoms with Crippen LogP contribution in [-0.4, -0.2) is 34.8 Å². The molecule has 0 bridgehead atoms. The number of phenols is 1. The van der Waals surface area contributed by atoms with Gasteiger partial charge in [-0.05, 0) is 79.9 Å². The highest BCUT2D eigenvalue weighted by Crippen LogP contribution is 2.38. The van der Waals surface area contributed by atoms with Gasteiger partial charge in [-0.2, -0.15) is 0 Å². The van der Waals surface area contributed by atoms with Crippen molar-refractivity contribution in [3.63, 3.8) is 0 Å². The minimum Gasteiger partial charge on any atom is -0.507 e. The molecular weight excluding hydrogens is 570 g/mol. The predicted octanol–water partition coefficient (Wildman–Crippen LogP) is 6.03. The van der Waals surface area contributed by atoms with Crippen LogP contribution in [0.4, 0.5) is 0 Å².